The van der Waals surface area contributed by atoms with Crippen molar-refractivity contribution in [1.29, 1.82) is 0 Å². The zero-order chi connectivity index (χ0) is 15.8. The molecule has 21 heavy (non-hydrogen) atoms. The summed E-state index contributed by atoms with van der Waals surface area (Å²) in [5.41, 5.74) is 0.696. The van der Waals surface area contributed by atoms with Gasteiger partial charge in [0.2, 0.25) is 5.91 Å². The Morgan fingerprint density at radius 2 is 2.14 bits per heavy atom. The number of nitrogens with one attached hydrogen (secondary N) is 1. The predicted octanol–water partition coefficient (Wildman–Crippen LogP) is 2.84. The van der Waals surface area contributed by atoms with Gasteiger partial charge in [0.15, 0.2) is 0 Å². The number of hydrogen-bond donors (Lipinski definition) is 2. The Labute approximate surface area is 132 Å². The molecule has 0 heterocycles. The van der Waals surface area contributed by atoms with Crippen molar-refractivity contribution >= 4 is 33.9 Å². The van der Waals surface area contributed by atoms with Crippen molar-refractivity contribution in [1.82, 2.24) is 5.32 Å². The molecule has 0 saturated heterocycles. The van der Waals surface area contributed by atoms with E-state index in [0.717, 1.165) is 10.5 Å². The molecular weight excluding hydrogens is 338 g/mol. The van der Waals surface area contributed by atoms with Crippen LogP contribution in [0.4, 0.5) is 0 Å². The highest BCUT2D eigenvalue weighted by molar-refractivity contribution is 9.10. The molecule has 2 N–H and O–H groups in total. The lowest BCUT2D eigenvalue weighted by Crippen LogP contribution is -2.31. The number of carboxylic acid groups (broad SMARTS) is 1. The molecule has 0 radical (unpaired) electrons. The lowest BCUT2D eigenvalue weighted by molar-refractivity contribution is -0.131. The van der Waals surface area contributed by atoms with E-state index in [2.05, 4.69) is 21.2 Å². The van der Waals surface area contributed by atoms with Crippen LogP contribution in [0, 0.1) is 0 Å². The van der Waals surface area contributed by atoms with Crippen LogP contribution in [0.15, 0.2) is 28.7 Å². The molecule has 1 amide bonds. The van der Waals surface area contributed by atoms with E-state index in [9.17, 15) is 9.59 Å². The summed E-state index contributed by atoms with van der Waals surface area (Å²) in [6.45, 7) is 4.06. The van der Waals surface area contributed by atoms with E-state index in [4.69, 9.17) is 9.84 Å². The van der Waals surface area contributed by atoms with E-state index in [1.54, 1.807) is 18.2 Å². The second-order valence-corrected chi connectivity index (χ2v) is 5.53. The number of carbonyl (C=O) groups is 2. The van der Waals surface area contributed by atoms with Crippen molar-refractivity contribution in [3.05, 3.63) is 34.3 Å². The topological polar surface area (TPSA) is 75.6 Å². The van der Waals surface area contributed by atoms with Crippen LogP contribution in [0.2, 0.25) is 0 Å². The third-order valence-electron chi connectivity index (χ3n) is 2.42. The van der Waals surface area contributed by atoms with Crippen molar-refractivity contribution in [2.24, 2.45) is 0 Å². The number of ether oxygens (including phenoxy) is 1. The summed E-state index contributed by atoms with van der Waals surface area (Å²) < 4.78 is 6.27. The molecule has 114 valence electrons. The average molecular weight is 356 g/mol. The Bertz CT molecular complexity index is 540. The molecule has 0 aromatic heterocycles. The summed E-state index contributed by atoms with van der Waals surface area (Å²) in [7, 11) is 0. The van der Waals surface area contributed by atoms with Crippen molar-refractivity contribution in [2.75, 3.05) is 6.61 Å². The minimum absolute atomic E-state index is 0.0619. The third-order valence-corrected chi connectivity index (χ3v) is 3.14. The number of amides is 1. The molecular formula is C15H18BrNO4. The van der Waals surface area contributed by atoms with Gasteiger partial charge in [-0.15, -0.1) is 0 Å². The van der Waals surface area contributed by atoms with Gasteiger partial charge in [-0.3, -0.25) is 4.79 Å². The fraction of sp³-hybridized carbons (Fsp3) is 0.333. The number of hydrogen-bond acceptors (Lipinski definition) is 3. The Morgan fingerprint density at radius 3 is 2.76 bits per heavy atom. The van der Waals surface area contributed by atoms with E-state index < -0.39 is 5.97 Å². The van der Waals surface area contributed by atoms with Crippen LogP contribution in [0.1, 0.15) is 25.8 Å². The average Bonchev–Trinajstić information content (AvgIpc) is 2.38. The molecule has 0 aliphatic rings. The quantitative estimate of drug-likeness (QED) is 0.737. The first-order valence-electron chi connectivity index (χ1n) is 6.51. The molecule has 0 atom stereocenters. The number of carbonyl (C=O) groups excluding carboxylic acids is 1. The summed E-state index contributed by atoms with van der Waals surface area (Å²) in [5, 5.41) is 11.4. The van der Waals surface area contributed by atoms with Crippen molar-refractivity contribution < 1.29 is 19.4 Å². The molecule has 6 heteroatoms. The molecule has 0 spiro atoms. The number of benzene rings is 1. The van der Waals surface area contributed by atoms with E-state index in [0.29, 0.717) is 11.3 Å². The van der Waals surface area contributed by atoms with Crippen LogP contribution in [0.5, 0.6) is 5.75 Å². The van der Waals surface area contributed by atoms with Gasteiger partial charge in [-0.1, -0.05) is 15.9 Å². The SMILES string of the molecule is CC(C)NC(=O)CCOc1ccc(Br)c(/C=C/C(=O)O)c1. The Balaban J connectivity index is 2.58. The zero-order valence-corrected chi connectivity index (χ0v) is 13.5. The Kier molecular flexibility index (Phi) is 6.94. The lowest BCUT2D eigenvalue weighted by Gasteiger charge is -2.10. The minimum atomic E-state index is -1.02. The van der Waals surface area contributed by atoms with Gasteiger partial charge < -0.3 is 15.2 Å². The van der Waals surface area contributed by atoms with Crippen LogP contribution in [0.25, 0.3) is 6.08 Å². The van der Waals surface area contributed by atoms with Gasteiger partial charge in [0.25, 0.3) is 0 Å². The van der Waals surface area contributed by atoms with Gasteiger partial charge in [0.1, 0.15) is 5.75 Å². The molecule has 5 nitrogen and oxygen atoms in total. The highest BCUT2D eigenvalue weighted by atomic mass is 79.9. The van der Waals surface area contributed by atoms with Gasteiger partial charge in [0, 0.05) is 16.6 Å². The summed E-state index contributed by atoms with van der Waals surface area (Å²) in [6, 6.07) is 5.34. The van der Waals surface area contributed by atoms with Gasteiger partial charge in [-0.05, 0) is 43.7 Å². The number of halogens is 1. The maximum atomic E-state index is 11.5. The number of aliphatic carboxylic acids is 1. The highest BCUT2D eigenvalue weighted by Crippen LogP contribution is 2.24. The fourth-order valence-electron chi connectivity index (χ4n) is 1.56. The van der Waals surface area contributed by atoms with Crippen LogP contribution in [0.3, 0.4) is 0 Å². The minimum Gasteiger partial charge on any atom is -0.493 e. The van der Waals surface area contributed by atoms with Crippen molar-refractivity contribution in [3.8, 4) is 5.75 Å². The van der Waals surface area contributed by atoms with E-state index in [1.165, 1.54) is 6.08 Å². The maximum absolute atomic E-state index is 11.5. The molecule has 0 bridgehead atoms. The van der Waals surface area contributed by atoms with Crippen LogP contribution in [-0.4, -0.2) is 29.6 Å². The van der Waals surface area contributed by atoms with Gasteiger partial charge in [0.05, 0.1) is 13.0 Å². The van der Waals surface area contributed by atoms with Crippen molar-refractivity contribution in [2.45, 2.75) is 26.3 Å². The molecule has 0 saturated carbocycles. The normalized spacial score (nSPS) is 10.9. The third kappa shape index (κ3) is 6.94. The van der Waals surface area contributed by atoms with E-state index >= 15 is 0 Å². The molecule has 0 fully saturated rings. The smallest absolute Gasteiger partial charge is 0.328 e. The first-order valence-corrected chi connectivity index (χ1v) is 7.30. The zero-order valence-electron chi connectivity index (χ0n) is 11.9. The monoisotopic (exact) mass is 355 g/mol. The first kappa shape index (κ1) is 17.2. The lowest BCUT2D eigenvalue weighted by atomic mass is 10.2. The van der Waals surface area contributed by atoms with Gasteiger partial charge in [-0.2, -0.15) is 0 Å². The molecule has 1 aromatic rings. The van der Waals surface area contributed by atoms with Crippen LogP contribution >= 0.6 is 15.9 Å². The largest absolute Gasteiger partial charge is 0.493 e. The van der Waals surface area contributed by atoms with Crippen LogP contribution in [-0.2, 0) is 9.59 Å². The maximum Gasteiger partial charge on any atom is 0.328 e. The molecule has 1 rings (SSSR count). The van der Waals surface area contributed by atoms with Gasteiger partial charge in [-0.25, -0.2) is 4.79 Å². The summed E-state index contributed by atoms with van der Waals surface area (Å²) >= 11 is 3.34. The summed E-state index contributed by atoms with van der Waals surface area (Å²) in [4.78, 5) is 22.0. The van der Waals surface area contributed by atoms with Gasteiger partial charge >= 0.3 is 5.97 Å². The van der Waals surface area contributed by atoms with Crippen LogP contribution < -0.4 is 10.1 Å². The Morgan fingerprint density at radius 1 is 1.43 bits per heavy atom. The summed E-state index contributed by atoms with van der Waals surface area (Å²) in [5.74, 6) is -0.493. The standard InChI is InChI=1S/C15H18BrNO4/c1-10(2)17-14(18)7-8-21-12-4-5-13(16)11(9-12)3-6-15(19)20/h3-6,9-10H,7-8H2,1-2H3,(H,17,18)(H,19,20)/b6-3+. The Hall–Kier alpha value is -1.82. The number of rotatable bonds is 7. The molecule has 1 aromatic carbocycles. The fourth-order valence-corrected chi connectivity index (χ4v) is 1.93. The molecule has 0 aliphatic carbocycles. The predicted molar refractivity (Wildman–Crippen MR) is 84.2 cm³/mol. The number of carboxylic acids is 1. The van der Waals surface area contributed by atoms with E-state index in [-0.39, 0.29) is 25.0 Å². The first-order chi connectivity index (χ1) is 9.88. The summed E-state index contributed by atoms with van der Waals surface area (Å²) in [6.07, 6.45) is 2.80. The molecule has 0 unspecified atom stereocenters. The second-order valence-electron chi connectivity index (χ2n) is 4.68. The highest BCUT2D eigenvalue weighted by Gasteiger charge is 2.05. The van der Waals surface area contributed by atoms with E-state index in [1.807, 2.05) is 13.8 Å². The van der Waals surface area contributed by atoms with Crippen molar-refractivity contribution in [3.63, 3.8) is 0 Å². The second kappa shape index (κ2) is 8.46. The molecule has 0 aliphatic heterocycles.